The summed E-state index contributed by atoms with van der Waals surface area (Å²) in [6.07, 6.45) is 2.99. The molecule has 0 aliphatic heterocycles. The van der Waals surface area contributed by atoms with Crippen molar-refractivity contribution in [3.8, 4) is 5.75 Å². The molecule has 0 atom stereocenters. The molecule has 0 unspecified atom stereocenters. The Morgan fingerprint density at radius 2 is 2.09 bits per heavy atom. The second kappa shape index (κ2) is 6.75. The molecule has 6 heteroatoms. The van der Waals surface area contributed by atoms with Crippen molar-refractivity contribution in [2.24, 2.45) is 5.73 Å². The number of fused-ring (bicyclic) bond motifs is 1. The SMILES string of the molecule is C=C/C(=C\N)c1nc2cc(OC)c(S)cc2c(C(=O)OC)c1C. The maximum atomic E-state index is 12.3. The Balaban J connectivity index is 2.96. The van der Waals surface area contributed by atoms with Crippen molar-refractivity contribution < 1.29 is 14.3 Å². The average Bonchev–Trinajstić information content (AvgIpc) is 2.55. The third kappa shape index (κ3) is 2.90. The van der Waals surface area contributed by atoms with Gasteiger partial charge in [0.25, 0.3) is 0 Å². The van der Waals surface area contributed by atoms with E-state index in [0.717, 1.165) is 0 Å². The second-order valence-electron chi connectivity index (χ2n) is 4.82. The Bertz CT molecular complexity index is 828. The van der Waals surface area contributed by atoms with Gasteiger partial charge in [0.15, 0.2) is 0 Å². The van der Waals surface area contributed by atoms with E-state index in [0.29, 0.717) is 43.9 Å². The number of pyridine rings is 1. The van der Waals surface area contributed by atoms with Crippen molar-refractivity contribution in [1.82, 2.24) is 4.98 Å². The van der Waals surface area contributed by atoms with E-state index in [1.165, 1.54) is 13.3 Å². The Morgan fingerprint density at radius 1 is 1.39 bits per heavy atom. The third-order valence-corrected chi connectivity index (χ3v) is 3.94. The number of nitrogens with two attached hydrogens (primary N) is 1. The van der Waals surface area contributed by atoms with Gasteiger partial charge in [-0.3, -0.25) is 0 Å². The molecule has 0 radical (unpaired) electrons. The van der Waals surface area contributed by atoms with Gasteiger partial charge in [-0.15, -0.1) is 12.6 Å². The normalized spacial score (nSPS) is 11.4. The van der Waals surface area contributed by atoms with Crippen LogP contribution < -0.4 is 10.5 Å². The Kier molecular flexibility index (Phi) is 4.95. The largest absolute Gasteiger partial charge is 0.496 e. The molecule has 1 heterocycles. The van der Waals surface area contributed by atoms with Crippen LogP contribution in [0.15, 0.2) is 35.9 Å². The number of hydrogen-bond acceptors (Lipinski definition) is 6. The molecule has 0 saturated carbocycles. The van der Waals surface area contributed by atoms with E-state index in [1.54, 1.807) is 32.2 Å². The van der Waals surface area contributed by atoms with Gasteiger partial charge in [-0.25, -0.2) is 9.78 Å². The van der Waals surface area contributed by atoms with E-state index in [2.05, 4.69) is 24.2 Å². The number of methoxy groups -OCH3 is 2. The van der Waals surface area contributed by atoms with Gasteiger partial charge in [0.1, 0.15) is 5.75 Å². The van der Waals surface area contributed by atoms with Crippen molar-refractivity contribution in [3.05, 3.63) is 47.8 Å². The van der Waals surface area contributed by atoms with Gasteiger partial charge < -0.3 is 15.2 Å². The number of benzene rings is 1. The van der Waals surface area contributed by atoms with Crippen molar-refractivity contribution in [2.45, 2.75) is 11.8 Å². The highest BCUT2D eigenvalue weighted by atomic mass is 32.1. The van der Waals surface area contributed by atoms with Crippen LogP contribution in [-0.4, -0.2) is 25.2 Å². The molecule has 0 spiro atoms. The highest BCUT2D eigenvalue weighted by Gasteiger charge is 2.21. The number of carbonyl (C=O) groups excluding carboxylic acids is 1. The summed E-state index contributed by atoms with van der Waals surface area (Å²) in [6.45, 7) is 5.53. The summed E-state index contributed by atoms with van der Waals surface area (Å²) in [5, 5.41) is 0.643. The topological polar surface area (TPSA) is 74.4 Å². The van der Waals surface area contributed by atoms with Crippen LogP contribution in [0.4, 0.5) is 0 Å². The fraction of sp³-hybridized carbons (Fsp3) is 0.176. The van der Waals surface area contributed by atoms with E-state index < -0.39 is 5.97 Å². The number of carbonyl (C=O) groups is 1. The van der Waals surface area contributed by atoms with E-state index >= 15 is 0 Å². The zero-order valence-electron chi connectivity index (χ0n) is 13.2. The lowest BCUT2D eigenvalue weighted by Gasteiger charge is -2.15. The lowest BCUT2D eigenvalue weighted by atomic mass is 9.98. The van der Waals surface area contributed by atoms with Crippen molar-refractivity contribution in [1.29, 1.82) is 0 Å². The Labute approximate surface area is 140 Å². The molecule has 1 aromatic carbocycles. The maximum Gasteiger partial charge on any atom is 0.338 e. The zero-order chi connectivity index (χ0) is 17.1. The van der Waals surface area contributed by atoms with Crippen LogP contribution in [0.25, 0.3) is 16.5 Å². The van der Waals surface area contributed by atoms with Crippen LogP contribution in [0.3, 0.4) is 0 Å². The van der Waals surface area contributed by atoms with Gasteiger partial charge in [-0.2, -0.15) is 0 Å². The van der Waals surface area contributed by atoms with Crippen molar-refractivity contribution in [3.63, 3.8) is 0 Å². The van der Waals surface area contributed by atoms with Crippen LogP contribution in [0.2, 0.25) is 0 Å². The number of hydrogen-bond donors (Lipinski definition) is 2. The van der Waals surface area contributed by atoms with E-state index in [9.17, 15) is 4.79 Å². The van der Waals surface area contributed by atoms with E-state index in [4.69, 9.17) is 15.2 Å². The number of ether oxygens (including phenoxy) is 2. The van der Waals surface area contributed by atoms with Crippen molar-refractivity contribution >= 4 is 35.1 Å². The van der Waals surface area contributed by atoms with Gasteiger partial charge in [-0.05, 0) is 18.6 Å². The monoisotopic (exact) mass is 330 g/mol. The van der Waals surface area contributed by atoms with Crippen LogP contribution >= 0.6 is 12.6 Å². The standard InChI is InChI=1S/C17H18N2O3S/c1-5-10(8-18)16-9(2)15(17(20)22-4)11-6-14(23)13(21-3)7-12(11)19-16/h5-8,23H,1,18H2,2-4H3/b10-8+. The fourth-order valence-corrected chi connectivity index (χ4v) is 2.71. The molecule has 0 fully saturated rings. The molecule has 0 saturated heterocycles. The molecule has 0 bridgehead atoms. The molecule has 0 amide bonds. The number of esters is 1. The quantitative estimate of drug-likeness (QED) is 0.512. The van der Waals surface area contributed by atoms with Crippen molar-refractivity contribution in [2.75, 3.05) is 14.2 Å². The van der Waals surface area contributed by atoms with Gasteiger partial charge in [0, 0.05) is 28.1 Å². The van der Waals surface area contributed by atoms with Gasteiger partial charge in [0.05, 0.1) is 31.0 Å². The number of allylic oxidation sites excluding steroid dienone is 2. The molecule has 2 rings (SSSR count). The average molecular weight is 330 g/mol. The van der Waals surface area contributed by atoms with Crippen LogP contribution in [0.1, 0.15) is 21.6 Å². The number of aromatic nitrogens is 1. The number of thiol groups is 1. The van der Waals surface area contributed by atoms with Crippen LogP contribution in [0.5, 0.6) is 5.75 Å². The molecule has 1 aromatic heterocycles. The summed E-state index contributed by atoms with van der Waals surface area (Å²) >= 11 is 4.38. The zero-order valence-corrected chi connectivity index (χ0v) is 14.1. The summed E-state index contributed by atoms with van der Waals surface area (Å²) in [4.78, 5) is 17.5. The number of nitrogens with zero attached hydrogens (tertiary/aromatic N) is 1. The summed E-state index contributed by atoms with van der Waals surface area (Å²) in [5.74, 6) is 0.116. The first-order valence-electron chi connectivity index (χ1n) is 6.82. The minimum absolute atomic E-state index is 0.423. The van der Waals surface area contributed by atoms with E-state index in [-0.39, 0.29) is 0 Å². The van der Waals surface area contributed by atoms with E-state index in [1.807, 2.05) is 0 Å². The molecule has 0 aliphatic carbocycles. The Morgan fingerprint density at radius 3 is 2.61 bits per heavy atom. The first-order valence-corrected chi connectivity index (χ1v) is 7.27. The predicted octanol–water partition coefficient (Wildman–Crippen LogP) is 3.11. The molecule has 5 nitrogen and oxygen atoms in total. The molecular formula is C17H18N2O3S. The lowest BCUT2D eigenvalue weighted by Crippen LogP contribution is -2.09. The molecule has 0 aliphatic rings. The first-order chi connectivity index (χ1) is 11.0. The first kappa shape index (κ1) is 16.9. The van der Waals surface area contributed by atoms with Gasteiger partial charge in [-0.1, -0.05) is 12.7 Å². The summed E-state index contributed by atoms with van der Waals surface area (Å²) in [7, 11) is 2.89. The molecule has 23 heavy (non-hydrogen) atoms. The minimum Gasteiger partial charge on any atom is -0.496 e. The van der Waals surface area contributed by atoms with Crippen LogP contribution in [0, 0.1) is 6.92 Å². The number of rotatable bonds is 4. The maximum absolute atomic E-state index is 12.3. The summed E-state index contributed by atoms with van der Waals surface area (Å²) < 4.78 is 10.2. The Hall–Kier alpha value is -2.47. The summed E-state index contributed by atoms with van der Waals surface area (Å²) in [5.41, 5.74) is 8.52. The van der Waals surface area contributed by atoms with Crippen LogP contribution in [-0.2, 0) is 4.74 Å². The highest BCUT2D eigenvalue weighted by Crippen LogP contribution is 2.33. The highest BCUT2D eigenvalue weighted by molar-refractivity contribution is 7.80. The molecule has 2 N–H and O–H groups in total. The molecule has 2 aromatic rings. The lowest BCUT2D eigenvalue weighted by molar-refractivity contribution is 0.0602. The van der Waals surface area contributed by atoms with Gasteiger partial charge in [0.2, 0.25) is 0 Å². The second-order valence-corrected chi connectivity index (χ2v) is 5.30. The molecular weight excluding hydrogens is 312 g/mol. The smallest absolute Gasteiger partial charge is 0.338 e. The fourth-order valence-electron chi connectivity index (χ4n) is 2.43. The minimum atomic E-state index is -0.450. The van der Waals surface area contributed by atoms with Gasteiger partial charge >= 0.3 is 5.97 Å². The summed E-state index contributed by atoms with van der Waals surface area (Å²) in [6, 6.07) is 3.47. The molecule has 120 valence electrons. The predicted molar refractivity (Wildman–Crippen MR) is 94.0 cm³/mol. The third-order valence-electron chi connectivity index (χ3n) is 3.59.